The van der Waals surface area contributed by atoms with Crippen molar-refractivity contribution in [2.45, 2.75) is 6.92 Å². The molecule has 3 heteroatoms. The van der Waals surface area contributed by atoms with E-state index in [1.165, 1.54) is 0 Å². The van der Waals surface area contributed by atoms with E-state index in [0.29, 0.717) is 17.1 Å². The molecular weight excluding hydrogens is 186 g/mol. The maximum atomic E-state index is 11.3. The highest BCUT2D eigenvalue weighted by Gasteiger charge is 2.02. The number of hydrogen-bond donors (Lipinski definition) is 1. The fraction of sp³-hybridized carbons (Fsp3) is 0.200. The molecule has 1 rings (SSSR count). The fourth-order valence-electron chi connectivity index (χ4n) is 0.898. The SMILES string of the molecule is C[CH]CNC(=O)c1ccc(Cl)cc1. The predicted octanol–water partition coefficient (Wildman–Crippen LogP) is 2.29. The van der Waals surface area contributed by atoms with Gasteiger partial charge in [-0.05, 0) is 30.7 Å². The molecule has 0 bridgehead atoms. The highest BCUT2D eigenvalue weighted by atomic mass is 35.5. The van der Waals surface area contributed by atoms with Gasteiger partial charge in [-0.1, -0.05) is 18.5 Å². The summed E-state index contributed by atoms with van der Waals surface area (Å²) in [7, 11) is 0. The summed E-state index contributed by atoms with van der Waals surface area (Å²) in [6.07, 6.45) is 1.88. The molecule has 13 heavy (non-hydrogen) atoms. The smallest absolute Gasteiger partial charge is 0.251 e. The van der Waals surface area contributed by atoms with Gasteiger partial charge in [-0.2, -0.15) is 0 Å². The lowest BCUT2D eigenvalue weighted by Gasteiger charge is -2.02. The lowest BCUT2D eigenvalue weighted by atomic mass is 10.2. The Morgan fingerprint density at radius 1 is 1.46 bits per heavy atom. The van der Waals surface area contributed by atoms with Gasteiger partial charge < -0.3 is 5.32 Å². The van der Waals surface area contributed by atoms with Crippen LogP contribution in [-0.4, -0.2) is 12.5 Å². The summed E-state index contributed by atoms with van der Waals surface area (Å²) >= 11 is 5.68. The van der Waals surface area contributed by atoms with Crippen LogP contribution in [-0.2, 0) is 0 Å². The Balaban J connectivity index is 2.61. The minimum absolute atomic E-state index is 0.0743. The van der Waals surface area contributed by atoms with Gasteiger partial charge in [-0.25, -0.2) is 0 Å². The molecule has 1 aromatic rings. The van der Waals surface area contributed by atoms with Gasteiger partial charge in [0.1, 0.15) is 0 Å². The van der Waals surface area contributed by atoms with Crippen molar-refractivity contribution in [3.8, 4) is 0 Å². The molecule has 0 saturated carbocycles. The second-order valence-corrected chi connectivity index (χ2v) is 3.06. The molecule has 0 spiro atoms. The van der Waals surface area contributed by atoms with E-state index in [4.69, 9.17) is 11.6 Å². The maximum absolute atomic E-state index is 11.3. The van der Waals surface area contributed by atoms with Crippen molar-refractivity contribution in [3.63, 3.8) is 0 Å². The first-order valence-electron chi connectivity index (χ1n) is 4.05. The van der Waals surface area contributed by atoms with Crippen LogP contribution >= 0.6 is 11.6 Å². The lowest BCUT2D eigenvalue weighted by Crippen LogP contribution is -2.23. The number of nitrogens with one attached hydrogen (secondary N) is 1. The Hall–Kier alpha value is -1.02. The number of benzene rings is 1. The Morgan fingerprint density at radius 2 is 2.08 bits per heavy atom. The topological polar surface area (TPSA) is 29.1 Å². The Kier molecular flexibility index (Phi) is 3.77. The summed E-state index contributed by atoms with van der Waals surface area (Å²) in [6.45, 7) is 2.48. The molecule has 0 fully saturated rings. The highest BCUT2D eigenvalue weighted by Crippen LogP contribution is 2.09. The largest absolute Gasteiger partial charge is 0.352 e. The molecule has 0 saturated heterocycles. The van der Waals surface area contributed by atoms with Crippen molar-refractivity contribution >= 4 is 17.5 Å². The average molecular weight is 197 g/mol. The van der Waals surface area contributed by atoms with Crippen molar-refractivity contribution in [1.82, 2.24) is 5.32 Å². The van der Waals surface area contributed by atoms with Crippen LogP contribution in [0.4, 0.5) is 0 Å². The quantitative estimate of drug-likeness (QED) is 0.790. The Morgan fingerprint density at radius 3 is 2.62 bits per heavy atom. The number of hydrogen-bond acceptors (Lipinski definition) is 1. The van der Waals surface area contributed by atoms with Gasteiger partial charge in [0.15, 0.2) is 0 Å². The highest BCUT2D eigenvalue weighted by molar-refractivity contribution is 6.30. The van der Waals surface area contributed by atoms with Gasteiger partial charge in [-0.15, -0.1) is 0 Å². The van der Waals surface area contributed by atoms with Crippen LogP contribution in [0, 0.1) is 6.42 Å². The molecule has 0 aromatic heterocycles. The van der Waals surface area contributed by atoms with Crippen LogP contribution in [0.3, 0.4) is 0 Å². The van der Waals surface area contributed by atoms with E-state index in [-0.39, 0.29) is 5.91 Å². The molecule has 0 unspecified atom stereocenters. The third-order valence-electron chi connectivity index (χ3n) is 1.57. The molecule has 1 radical (unpaired) electrons. The number of carbonyl (C=O) groups is 1. The lowest BCUT2D eigenvalue weighted by molar-refractivity contribution is 0.0957. The van der Waals surface area contributed by atoms with Gasteiger partial charge in [0, 0.05) is 17.1 Å². The van der Waals surface area contributed by atoms with Crippen molar-refractivity contribution < 1.29 is 4.79 Å². The first-order chi connectivity index (χ1) is 6.24. The van der Waals surface area contributed by atoms with E-state index in [1.54, 1.807) is 24.3 Å². The third-order valence-corrected chi connectivity index (χ3v) is 1.83. The molecule has 1 aromatic carbocycles. The number of amides is 1. The average Bonchev–Trinajstić information content (AvgIpc) is 2.15. The first-order valence-corrected chi connectivity index (χ1v) is 4.43. The monoisotopic (exact) mass is 196 g/mol. The summed E-state index contributed by atoms with van der Waals surface area (Å²) in [6, 6.07) is 6.80. The molecule has 69 valence electrons. The minimum Gasteiger partial charge on any atom is -0.352 e. The third kappa shape index (κ3) is 3.07. The Bertz CT molecular complexity index is 281. The predicted molar refractivity (Wildman–Crippen MR) is 53.8 cm³/mol. The zero-order chi connectivity index (χ0) is 9.68. The molecule has 0 aliphatic carbocycles. The molecular formula is C10H11ClNO. The van der Waals surface area contributed by atoms with Crippen molar-refractivity contribution in [2.75, 3.05) is 6.54 Å². The van der Waals surface area contributed by atoms with E-state index >= 15 is 0 Å². The van der Waals surface area contributed by atoms with Crippen LogP contribution in [0.15, 0.2) is 24.3 Å². The van der Waals surface area contributed by atoms with E-state index < -0.39 is 0 Å². The summed E-state index contributed by atoms with van der Waals surface area (Å²) in [4.78, 5) is 11.3. The summed E-state index contributed by atoms with van der Waals surface area (Å²) in [5.41, 5.74) is 0.631. The normalized spacial score (nSPS) is 9.69. The Labute approximate surface area is 82.9 Å². The number of rotatable bonds is 3. The van der Waals surface area contributed by atoms with E-state index in [0.717, 1.165) is 0 Å². The van der Waals surface area contributed by atoms with E-state index in [2.05, 4.69) is 5.32 Å². The first kappa shape index (κ1) is 10.1. The summed E-state index contributed by atoms with van der Waals surface area (Å²) in [5.74, 6) is -0.0743. The van der Waals surface area contributed by atoms with Gasteiger partial charge in [0.25, 0.3) is 5.91 Å². The fourth-order valence-corrected chi connectivity index (χ4v) is 1.02. The van der Waals surface area contributed by atoms with Gasteiger partial charge in [-0.3, -0.25) is 4.79 Å². The van der Waals surface area contributed by atoms with Gasteiger partial charge in [0.05, 0.1) is 0 Å². The molecule has 1 amide bonds. The molecule has 2 nitrogen and oxygen atoms in total. The van der Waals surface area contributed by atoms with E-state index in [1.807, 2.05) is 13.3 Å². The van der Waals surface area contributed by atoms with Crippen LogP contribution in [0.25, 0.3) is 0 Å². The molecule has 0 atom stereocenters. The second-order valence-electron chi connectivity index (χ2n) is 2.63. The molecule has 0 heterocycles. The maximum Gasteiger partial charge on any atom is 0.251 e. The molecule has 1 N–H and O–H groups in total. The summed E-state index contributed by atoms with van der Waals surface area (Å²) in [5, 5.41) is 3.37. The van der Waals surface area contributed by atoms with Crippen LogP contribution < -0.4 is 5.32 Å². The zero-order valence-electron chi connectivity index (χ0n) is 7.38. The van der Waals surface area contributed by atoms with Gasteiger partial charge >= 0.3 is 0 Å². The number of carbonyl (C=O) groups excluding carboxylic acids is 1. The van der Waals surface area contributed by atoms with Crippen LogP contribution in [0.2, 0.25) is 5.02 Å². The van der Waals surface area contributed by atoms with Crippen molar-refractivity contribution in [2.24, 2.45) is 0 Å². The standard InChI is InChI=1S/C10H11ClNO/c1-2-7-12-10(13)8-3-5-9(11)6-4-8/h2-6H,7H2,1H3,(H,12,13). The van der Waals surface area contributed by atoms with Crippen molar-refractivity contribution in [1.29, 1.82) is 0 Å². The second kappa shape index (κ2) is 4.87. The van der Waals surface area contributed by atoms with Crippen LogP contribution in [0.1, 0.15) is 17.3 Å². The summed E-state index contributed by atoms with van der Waals surface area (Å²) < 4.78 is 0. The van der Waals surface area contributed by atoms with Crippen LogP contribution in [0.5, 0.6) is 0 Å². The van der Waals surface area contributed by atoms with Crippen molar-refractivity contribution in [3.05, 3.63) is 41.3 Å². The zero-order valence-corrected chi connectivity index (χ0v) is 8.14. The number of halogens is 1. The minimum atomic E-state index is -0.0743. The van der Waals surface area contributed by atoms with E-state index in [9.17, 15) is 4.79 Å². The van der Waals surface area contributed by atoms with Gasteiger partial charge in [0.2, 0.25) is 0 Å². The molecule has 0 aliphatic rings. The molecule has 0 aliphatic heterocycles.